The first-order chi connectivity index (χ1) is 20.6. The Morgan fingerprint density at radius 1 is 0.524 bits per heavy atom. The lowest BCUT2D eigenvalue weighted by Crippen LogP contribution is -2.13. The van der Waals surface area contributed by atoms with Crippen LogP contribution in [0.3, 0.4) is 0 Å². The van der Waals surface area contributed by atoms with Gasteiger partial charge < -0.3 is 4.90 Å². The number of benzene rings is 7. The second-order valence-electron chi connectivity index (χ2n) is 10.4. The molecule has 1 heterocycles. The number of hydrogen-bond donors (Lipinski definition) is 0. The molecular weight excluding hydrogens is 529 g/mol. The van der Waals surface area contributed by atoms with Crippen molar-refractivity contribution in [3.8, 4) is 11.1 Å². The summed E-state index contributed by atoms with van der Waals surface area (Å²) in [7, 11) is 0. The molecule has 0 saturated carbocycles. The standard InChI is InChI=1S/C37H21F3N2/c38-31-18-19-32(36(40)35(31)39)42(26-6-2-1-3-7-26)27-13-10-22(11-14-27)28-15-12-23-8-9-24-21-25-5-4-20-41-37(25)30-17-16-29(28)33(23)34(24)30/h1-21H. The van der Waals surface area contributed by atoms with Crippen molar-refractivity contribution in [1.29, 1.82) is 0 Å². The molecule has 0 aliphatic rings. The SMILES string of the molecule is Fc1ccc(N(c2ccccc2)c2ccc(-c3ccc4ccc5cc6cccnc6c6ccc3c4c56)cc2)c(F)c1F. The first kappa shape index (κ1) is 24.4. The van der Waals surface area contributed by atoms with E-state index >= 15 is 4.39 Å². The van der Waals surface area contributed by atoms with Crippen LogP contribution in [-0.4, -0.2) is 4.98 Å². The largest absolute Gasteiger partial charge is 0.308 e. The fourth-order valence-electron chi connectivity index (χ4n) is 6.15. The molecule has 0 bridgehead atoms. The van der Waals surface area contributed by atoms with Gasteiger partial charge in [-0.3, -0.25) is 4.98 Å². The molecule has 0 saturated heterocycles. The van der Waals surface area contributed by atoms with E-state index in [1.807, 2.05) is 54.7 Å². The highest BCUT2D eigenvalue weighted by atomic mass is 19.2. The molecule has 0 amide bonds. The Hall–Kier alpha value is -5.42. The molecule has 0 radical (unpaired) electrons. The lowest BCUT2D eigenvalue weighted by molar-refractivity contribution is 0.448. The van der Waals surface area contributed by atoms with Gasteiger partial charge in [-0.2, -0.15) is 0 Å². The molecule has 0 aliphatic carbocycles. The maximum atomic E-state index is 15.0. The molecule has 8 rings (SSSR count). The quantitative estimate of drug-likeness (QED) is 0.123. The number of halogens is 3. The van der Waals surface area contributed by atoms with Crippen LogP contribution in [0, 0.1) is 17.5 Å². The van der Waals surface area contributed by atoms with Crippen LogP contribution in [0.25, 0.3) is 54.3 Å². The van der Waals surface area contributed by atoms with Crippen molar-refractivity contribution in [3.63, 3.8) is 0 Å². The predicted molar refractivity (Wildman–Crippen MR) is 165 cm³/mol. The number of hydrogen-bond acceptors (Lipinski definition) is 2. The molecule has 7 aromatic carbocycles. The predicted octanol–water partition coefficient (Wildman–Crippen LogP) is 10.7. The Labute approximate surface area is 239 Å². The maximum absolute atomic E-state index is 15.0. The van der Waals surface area contributed by atoms with E-state index in [-0.39, 0.29) is 5.69 Å². The molecule has 5 heteroatoms. The van der Waals surface area contributed by atoms with Crippen LogP contribution in [-0.2, 0) is 0 Å². The summed E-state index contributed by atoms with van der Waals surface area (Å²) in [5.41, 5.74) is 4.20. The van der Waals surface area contributed by atoms with Crippen molar-refractivity contribution in [2.24, 2.45) is 0 Å². The molecule has 0 spiro atoms. The summed E-state index contributed by atoms with van der Waals surface area (Å²) < 4.78 is 43.1. The first-order valence-corrected chi connectivity index (χ1v) is 13.6. The van der Waals surface area contributed by atoms with Gasteiger partial charge in [-0.15, -0.1) is 0 Å². The number of aromatic nitrogens is 1. The molecule has 0 aliphatic heterocycles. The van der Waals surface area contributed by atoms with E-state index in [2.05, 4.69) is 53.5 Å². The van der Waals surface area contributed by atoms with E-state index in [9.17, 15) is 8.78 Å². The van der Waals surface area contributed by atoms with Gasteiger partial charge in [-0.05, 0) is 86.6 Å². The molecule has 0 unspecified atom stereocenters. The van der Waals surface area contributed by atoms with Crippen molar-refractivity contribution in [1.82, 2.24) is 4.98 Å². The van der Waals surface area contributed by atoms with Crippen LogP contribution in [0.4, 0.5) is 30.2 Å². The number of fused-ring (bicyclic) bond motifs is 2. The number of rotatable bonds is 4. The Morgan fingerprint density at radius 2 is 1.24 bits per heavy atom. The molecule has 8 aromatic rings. The van der Waals surface area contributed by atoms with Gasteiger partial charge in [0.1, 0.15) is 0 Å². The highest BCUT2D eigenvalue weighted by molar-refractivity contribution is 6.29. The fourth-order valence-corrected chi connectivity index (χ4v) is 6.15. The zero-order chi connectivity index (χ0) is 28.4. The van der Waals surface area contributed by atoms with Crippen molar-refractivity contribution in [2.75, 3.05) is 4.90 Å². The highest BCUT2D eigenvalue weighted by Gasteiger charge is 2.22. The van der Waals surface area contributed by atoms with Gasteiger partial charge in [-0.1, -0.05) is 72.8 Å². The Kier molecular flexibility index (Phi) is 5.41. The zero-order valence-electron chi connectivity index (χ0n) is 22.2. The summed E-state index contributed by atoms with van der Waals surface area (Å²) in [5, 5.41) is 8.07. The van der Waals surface area contributed by atoms with Gasteiger partial charge in [-0.25, -0.2) is 13.2 Å². The van der Waals surface area contributed by atoms with Crippen LogP contribution in [0.15, 0.2) is 128 Å². The van der Waals surface area contributed by atoms with Crippen LogP contribution in [0.1, 0.15) is 0 Å². The summed E-state index contributed by atoms with van der Waals surface area (Å²) in [6.45, 7) is 0. The normalized spacial score (nSPS) is 11.7. The van der Waals surface area contributed by atoms with Crippen LogP contribution in [0.5, 0.6) is 0 Å². The zero-order valence-corrected chi connectivity index (χ0v) is 22.2. The summed E-state index contributed by atoms with van der Waals surface area (Å²) >= 11 is 0. The third-order valence-corrected chi connectivity index (χ3v) is 8.06. The topological polar surface area (TPSA) is 16.1 Å². The lowest BCUT2D eigenvalue weighted by Gasteiger charge is -2.26. The van der Waals surface area contributed by atoms with Gasteiger partial charge >= 0.3 is 0 Å². The van der Waals surface area contributed by atoms with Crippen LogP contribution in [0.2, 0.25) is 0 Å². The van der Waals surface area contributed by atoms with Crippen molar-refractivity contribution < 1.29 is 13.2 Å². The third kappa shape index (κ3) is 3.63. The van der Waals surface area contributed by atoms with Crippen molar-refractivity contribution in [2.45, 2.75) is 0 Å². The maximum Gasteiger partial charge on any atom is 0.196 e. The Balaban J connectivity index is 1.29. The van der Waals surface area contributed by atoms with E-state index in [0.29, 0.717) is 11.4 Å². The molecule has 2 nitrogen and oxygen atoms in total. The van der Waals surface area contributed by atoms with Gasteiger partial charge in [0.15, 0.2) is 17.5 Å². The molecule has 0 N–H and O–H groups in total. The molecule has 42 heavy (non-hydrogen) atoms. The second kappa shape index (κ2) is 9.32. The van der Waals surface area contributed by atoms with Gasteiger partial charge in [0.05, 0.1) is 11.2 Å². The van der Waals surface area contributed by atoms with E-state index < -0.39 is 17.5 Å². The molecule has 0 fully saturated rings. The monoisotopic (exact) mass is 550 g/mol. The van der Waals surface area contributed by atoms with Gasteiger partial charge in [0.2, 0.25) is 0 Å². The number of nitrogens with zero attached hydrogens (tertiary/aromatic N) is 2. The summed E-state index contributed by atoms with van der Waals surface area (Å²) in [6.07, 6.45) is 1.83. The average Bonchev–Trinajstić information content (AvgIpc) is 3.04. The van der Waals surface area contributed by atoms with Crippen LogP contribution >= 0.6 is 0 Å². The smallest absolute Gasteiger partial charge is 0.196 e. The highest BCUT2D eigenvalue weighted by Crippen LogP contribution is 2.43. The summed E-state index contributed by atoms with van der Waals surface area (Å²) in [5.74, 6) is -3.96. The molecule has 1 aromatic heterocycles. The minimum atomic E-state index is -1.50. The summed E-state index contributed by atoms with van der Waals surface area (Å²) in [6, 6.07) is 38.1. The number of para-hydroxylation sites is 1. The van der Waals surface area contributed by atoms with Crippen molar-refractivity contribution in [3.05, 3.63) is 145 Å². The minimum Gasteiger partial charge on any atom is -0.308 e. The molecule has 0 atom stereocenters. The second-order valence-corrected chi connectivity index (χ2v) is 10.4. The summed E-state index contributed by atoms with van der Waals surface area (Å²) in [4.78, 5) is 6.27. The molecule has 200 valence electrons. The van der Waals surface area contributed by atoms with Gasteiger partial charge in [0, 0.05) is 28.3 Å². The van der Waals surface area contributed by atoms with Gasteiger partial charge in [0.25, 0.3) is 0 Å². The lowest BCUT2D eigenvalue weighted by atomic mass is 9.89. The molecular formula is C37H21F3N2. The average molecular weight is 551 g/mol. The van der Waals surface area contributed by atoms with E-state index in [4.69, 9.17) is 0 Å². The Bertz CT molecular complexity index is 2280. The van der Waals surface area contributed by atoms with Crippen LogP contribution < -0.4 is 4.90 Å². The first-order valence-electron chi connectivity index (χ1n) is 13.6. The number of anilines is 3. The van der Waals surface area contributed by atoms with E-state index in [1.54, 1.807) is 17.0 Å². The van der Waals surface area contributed by atoms with E-state index in [0.717, 1.165) is 44.3 Å². The minimum absolute atomic E-state index is 0.0728. The fraction of sp³-hybridized carbons (Fsp3) is 0. The van der Waals surface area contributed by atoms with Crippen molar-refractivity contribution >= 4 is 60.3 Å². The van der Waals surface area contributed by atoms with E-state index in [1.165, 1.54) is 22.2 Å². The Morgan fingerprint density at radius 3 is 2.07 bits per heavy atom. The number of pyridine rings is 1. The third-order valence-electron chi connectivity index (χ3n) is 8.06.